The van der Waals surface area contributed by atoms with Crippen molar-refractivity contribution in [3.8, 4) is 23.0 Å². The molecule has 2 aliphatic rings. The smallest absolute Gasteiger partial charge is 0.326 e. The van der Waals surface area contributed by atoms with E-state index >= 15 is 0 Å². The Morgan fingerprint density at radius 2 is 1.91 bits per heavy atom. The average Bonchev–Trinajstić information content (AvgIpc) is 3.37. The van der Waals surface area contributed by atoms with E-state index in [-0.39, 0.29) is 36.0 Å². The van der Waals surface area contributed by atoms with Crippen LogP contribution < -0.4 is 18.9 Å². The number of allylic oxidation sites excluding steroid dienone is 1. The summed E-state index contributed by atoms with van der Waals surface area (Å²) in [6.45, 7) is -0.487. The third-order valence-corrected chi connectivity index (χ3v) is 5.62. The van der Waals surface area contributed by atoms with E-state index in [1.165, 1.54) is 25.3 Å². The Labute approximate surface area is 194 Å². The number of likely N-dealkylation sites (tertiary alicyclic amines) is 1. The highest BCUT2D eigenvalue weighted by Crippen LogP contribution is 2.36. The van der Waals surface area contributed by atoms with E-state index < -0.39 is 30.6 Å². The molecule has 178 valence electrons. The molecule has 1 fully saturated rings. The summed E-state index contributed by atoms with van der Waals surface area (Å²) in [4.78, 5) is 37.6. The first-order valence-corrected chi connectivity index (χ1v) is 10.4. The van der Waals surface area contributed by atoms with E-state index in [4.69, 9.17) is 18.9 Å². The van der Waals surface area contributed by atoms with Crippen molar-refractivity contribution in [2.75, 3.05) is 27.4 Å². The number of benzene rings is 2. The van der Waals surface area contributed by atoms with Gasteiger partial charge in [0.2, 0.25) is 5.78 Å². The van der Waals surface area contributed by atoms with Crippen LogP contribution in [0.1, 0.15) is 22.3 Å². The number of hydrogen-bond donors (Lipinski definition) is 2. The maximum Gasteiger partial charge on any atom is 0.326 e. The van der Waals surface area contributed by atoms with Crippen LogP contribution in [0, 0.1) is 0 Å². The number of β-amino-alcohol motifs (C(OH)–C–C–N with tert-alkyl or cyclic N) is 1. The topological polar surface area (TPSA) is 132 Å². The number of carbonyl (C=O) groups is 3. The number of rotatable bonds is 7. The van der Waals surface area contributed by atoms with Crippen LogP contribution in [0.4, 0.5) is 0 Å². The van der Waals surface area contributed by atoms with Crippen LogP contribution in [0.3, 0.4) is 0 Å². The number of nitrogens with zero attached hydrogens (tertiary/aromatic N) is 1. The van der Waals surface area contributed by atoms with Crippen LogP contribution in [0.15, 0.2) is 42.2 Å². The molecule has 0 aliphatic carbocycles. The molecule has 2 aromatic rings. The number of fused-ring (bicyclic) bond motifs is 1. The molecule has 2 atom stereocenters. The van der Waals surface area contributed by atoms with Gasteiger partial charge in [-0.15, -0.1) is 0 Å². The molecule has 0 radical (unpaired) electrons. The SMILES string of the molecule is COc1ccc(/C=C2\Oc3cc(OCC(=O)N4CC(O)C[C@H]4C(=O)O)ccc3C2=O)c(OC)c1. The first kappa shape index (κ1) is 23.1. The van der Waals surface area contributed by atoms with Gasteiger partial charge in [0.05, 0.1) is 25.9 Å². The molecule has 10 nitrogen and oxygen atoms in total. The Kier molecular flexibility index (Phi) is 6.42. The third kappa shape index (κ3) is 4.53. The van der Waals surface area contributed by atoms with E-state index in [2.05, 4.69) is 0 Å². The van der Waals surface area contributed by atoms with Crippen LogP contribution in [0.2, 0.25) is 0 Å². The molecule has 0 spiro atoms. The quantitative estimate of drug-likeness (QED) is 0.582. The van der Waals surface area contributed by atoms with Crippen LogP contribution in [-0.2, 0) is 9.59 Å². The van der Waals surface area contributed by atoms with Gasteiger partial charge in [-0.05, 0) is 30.3 Å². The molecule has 10 heteroatoms. The number of aliphatic carboxylic acids is 1. The van der Waals surface area contributed by atoms with Gasteiger partial charge in [0, 0.05) is 30.7 Å². The largest absolute Gasteiger partial charge is 0.497 e. The standard InChI is InChI=1S/C24H23NO9/c1-31-15-4-3-13(19(9-15)32-2)7-21-23(28)17-6-5-16(10-20(17)34-21)33-12-22(27)25-11-14(26)8-18(25)24(29)30/h3-7,9-10,14,18,26H,8,11-12H2,1-2H3,(H,29,30)/b21-7-/t14?,18-/m0/s1. The van der Waals surface area contributed by atoms with Crippen molar-refractivity contribution in [1.82, 2.24) is 4.90 Å². The van der Waals surface area contributed by atoms with Crippen LogP contribution in [0.5, 0.6) is 23.0 Å². The number of hydrogen-bond acceptors (Lipinski definition) is 8. The Morgan fingerprint density at radius 1 is 1.15 bits per heavy atom. The monoisotopic (exact) mass is 469 g/mol. The molecule has 0 bridgehead atoms. The predicted octanol–water partition coefficient (Wildman–Crippen LogP) is 1.75. The molecule has 2 heterocycles. The van der Waals surface area contributed by atoms with E-state index in [9.17, 15) is 24.6 Å². The second-order valence-corrected chi connectivity index (χ2v) is 7.78. The number of carbonyl (C=O) groups excluding carboxylic acids is 2. The lowest BCUT2D eigenvalue weighted by Gasteiger charge is -2.21. The number of aliphatic hydroxyl groups is 1. The van der Waals surface area contributed by atoms with E-state index in [0.29, 0.717) is 22.6 Å². The first-order valence-electron chi connectivity index (χ1n) is 10.4. The van der Waals surface area contributed by atoms with Crippen molar-refractivity contribution < 1.29 is 43.5 Å². The summed E-state index contributed by atoms with van der Waals surface area (Å²) in [7, 11) is 3.05. The predicted molar refractivity (Wildman–Crippen MR) is 118 cm³/mol. The average molecular weight is 469 g/mol. The molecule has 2 aliphatic heterocycles. The van der Waals surface area contributed by atoms with Gasteiger partial charge in [0.1, 0.15) is 29.0 Å². The molecule has 34 heavy (non-hydrogen) atoms. The lowest BCUT2D eigenvalue weighted by Crippen LogP contribution is -2.42. The normalized spacial score (nSPS) is 20.1. The number of ether oxygens (including phenoxy) is 4. The van der Waals surface area contributed by atoms with Gasteiger partial charge >= 0.3 is 5.97 Å². The fraction of sp³-hybridized carbons (Fsp3) is 0.292. The highest BCUT2D eigenvalue weighted by molar-refractivity contribution is 6.14. The minimum atomic E-state index is -1.18. The number of methoxy groups -OCH3 is 2. The van der Waals surface area contributed by atoms with Crippen LogP contribution >= 0.6 is 0 Å². The minimum absolute atomic E-state index is 0.0238. The third-order valence-electron chi connectivity index (χ3n) is 5.62. The first-order chi connectivity index (χ1) is 16.3. The maximum atomic E-state index is 12.8. The summed E-state index contributed by atoms with van der Waals surface area (Å²) < 4.78 is 21.8. The highest BCUT2D eigenvalue weighted by atomic mass is 16.5. The summed E-state index contributed by atoms with van der Waals surface area (Å²) in [6, 6.07) is 8.62. The number of carboxylic acid groups (broad SMARTS) is 1. The van der Waals surface area contributed by atoms with Gasteiger partial charge in [0.15, 0.2) is 12.4 Å². The second-order valence-electron chi connectivity index (χ2n) is 7.78. The zero-order chi connectivity index (χ0) is 24.4. The number of ketones is 1. The Hall–Kier alpha value is -4.05. The van der Waals surface area contributed by atoms with Gasteiger partial charge in [-0.1, -0.05) is 0 Å². The van der Waals surface area contributed by atoms with Gasteiger partial charge in [-0.2, -0.15) is 0 Å². The zero-order valence-electron chi connectivity index (χ0n) is 18.5. The number of carboxylic acids is 1. The summed E-state index contributed by atoms with van der Waals surface area (Å²) >= 11 is 0. The Balaban J connectivity index is 1.46. The molecule has 0 aromatic heterocycles. The zero-order valence-corrected chi connectivity index (χ0v) is 18.5. The molecule has 0 saturated carbocycles. The Morgan fingerprint density at radius 3 is 2.62 bits per heavy atom. The minimum Gasteiger partial charge on any atom is -0.497 e. The van der Waals surface area contributed by atoms with Gasteiger partial charge in [0.25, 0.3) is 5.91 Å². The van der Waals surface area contributed by atoms with E-state index in [0.717, 1.165) is 4.90 Å². The number of aliphatic hydroxyl groups excluding tert-OH is 1. The lowest BCUT2D eigenvalue weighted by molar-refractivity contribution is -0.148. The molecule has 2 aromatic carbocycles. The molecule has 2 N–H and O–H groups in total. The number of amides is 1. The van der Waals surface area contributed by atoms with Crippen molar-refractivity contribution in [3.05, 3.63) is 53.3 Å². The van der Waals surface area contributed by atoms with E-state index in [1.54, 1.807) is 31.4 Å². The van der Waals surface area contributed by atoms with Crippen molar-refractivity contribution in [1.29, 1.82) is 0 Å². The molecular formula is C24H23NO9. The van der Waals surface area contributed by atoms with Crippen LogP contribution in [0.25, 0.3) is 6.08 Å². The lowest BCUT2D eigenvalue weighted by atomic mass is 10.1. The highest BCUT2D eigenvalue weighted by Gasteiger charge is 2.39. The van der Waals surface area contributed by atoms with Crippen molar-refractivity contribution in [2.45, 2.75) is 18.6 Å². The van der Waals surface area contributed by atoms with Crippen molar-refractivity contribution in [3.63, 3.8) is 0 Å². The Bertz CT molecular complexity index is 1170. The summed E-state index contributed by atoms with van der Waals surface area (Å²) in [5, 5.41) is 18.9. The maximum absolute atomic E-state index is 12.8. The summed E-state index contributed by atoms with van der Waals surface area (Å²) in [5.41, 5.74) is 0.966. The fourth-order valence-corrected chi connectivity index (χ4v) is 3.89. The van der Waals surface area contributed by atoms with Gasteiger partial charge in [-0.3, -0.25) is 9.59 Å². The summed E-state index contributed by atoms with van der Waals surface area (Å²) in [6.07, 6.45) is 0.651. The van der Waals surface area contributed by atoms with Gasteiger partial charge in [-0.25, -0.2) is 4.79 Å². The summed E-state index contributed by atoms with van der Waals surface area (Å²) in [5.74, 6) is -0.295. The fourth-order valence-electron chi connectivity index (χ4n) is 3.89. The molecule has 4 rings (SSSR count). The van der Waals surface area contributed by atoms with Crippen molar-refractivity contribution >= 4 is 23.7 Å². The van der Waals surface area contributed by atoms with Gasteiger partial charge < -0.3 is 34.1 Å². The molecular weight excluding hydrogens is 446 g/mol. The molecule has 1 saturated heterocycles. The van der Waals surface area contributed by atoms with Crippen LogP contribution in [-0.4, -0.2) is 72.3 Å². The molecule has 1 amide bonds. The van der Waals surface area contributed by atoms with E-state index in [1.807, 2.05) is 0 Å². The second kappa shape index (κ2) is 9.44. The number of Topliss-reactive ketones (excluding diaryl/α,β-unsaturated/α-hetero) is 1. The molecule has 1 unspecified atom stereocenters. The van der Waals surface area contributed by atoms with Crippen molar-refractivity contribution in [2.24, 2.45) is 0 Å².